The molecule has 1 N–H and O–H groups in total. The first-order chi connectivity index (χ1) is 14.2. The number of carbonyl (C=O) groups excluding carboxylic acids is 2. The SMILES string of the molecule is C=C(C)C(=O)OCc1cc(I)cc(C(F)(F)F)c1OC(=O)c1ccc(S(=O)(=O)O)cc1. The molecule has 31 heavy (non-hydrogen) atoms. The monoisotopic (exact) mass is 570 g/mol. The fraction of sp³-hybridized carbons (Fsp3) is 0.158. The van der Waals surface area contributed by atoms with E-state index in [1.807, 2.05) is 0 Å². The molecule has 0 fully saturated rings. The van der Waals surface area contributed by atoms with Gasteiger partial charge >= 0.3 is 18.1 Å². The fourth-order valence-electron chi connectivity index (χ4n) is 2.27. The van der Waals surface area contributed by atoms with Crippen LogP contribution in [0, 0.1) is 3.57 Å². The summed E-state index contributed by atoms with van der Waals surface area (Å²) in [6.07, 6.45) is -4.89. The van der Waals surface area contributed by atoms with Gasteiger partial charge in [0.15, 0.2) is 0 Å². The Kier molecular flexibility index (Phi) is 7.49. The van der Waals surface area contributed by atoms with Gasteiger partial charge in [-0.1, -0.05) is 6.58 Å². The lowest BCUT2D eigenvalue weighted by atomic mass is 10.1. The molecule has 0 spiro atoms. The molecule has 0 aliphatic rings. The Hall–Kier alpha value is -2.45. The predicted molar refractivity (Wildman–Crippen MR) is 110 cm³/mol. The molecule has 2 rings (SSSR count). The Morgan fingerprint density at radius 2 is 1.74 bits per heavy atom. The first-order valence-electron chi connectivity index (χ1n) is 8.22. The van der Waals surface area contributed by atoms with Crippen molar-refractivity contribution in [2.75, 3.05) is 0 Å². The second-order valence-corrected chi connectivity index (χ2v) is 8.85. The summed E-state index contributed by atoms with van der Waals surface area (Å²) in [5.41, 5.74) is -1.72. The molecule has 0 radical (unpaired) electrons. The predicted octanol–water partition coefficient (Wildman–Crippen LogP) is 4.40. The minimum absolute atomic E-state index is 0.0270. The number of alkyl halides is 3. The minimum atomic E-state index is -4.89. The molecule has 0 saturated carbocycles. The van der Waals surface area contributed by atoms with Gasteiger partial charge in [0, 0.05) is 14.7 Å². The molecule has 2 aromatic rings. The molecule has 0 aliphatic heterocycles. The molecule has 0 atom stereocenters. The smallest absolute Gasteiger partial charge is 0.420 e. The number of rotatable bonds is 6. The van der Waals surface area contributed by atoms with Gasteiger partial charge in [0.05, 0.1) is 16.0 Å². The number of benzene rings is 2. The van der Waals surface area contributed by atoms with Crippen LogP contribution in [0.1, 0.15) is 28.4 Å². The summed E-state index contributed by atoms with van der Waals surface area (Å²) in [5, 5.41) is 0. The number of carbonyl (C=O) groups is 2. The summed E-state index contributed by atoms with van der Waals surface area (Å²) >= 11 is 1.64. The number of hydrogen-bond donors (Lipinski definition) is 1. The van der Waals surface area contributed by atoms with Crippen LogP contribution < -0.4 is 4.74 Å². The van der Waals surface area contributed by atoms with Gasteiger partial charge in [-0.05, 0) is 65.9 Å². The largest absolute Gasteiger partial charge is 0.457 e. The molecule has 0 amide bonds. The van der Waals surface area contributed by atoms with Crippen LogP contribution in [0.5, 0.6) is 5.75 Å². The summed E-state index contributed by atoms with van der Waals surface area (Å²) in [6, 6.07) is 5.72. The average Bonchev–Trinajstić information content (AvgIpc) is 2.65. The second-order valence-electron chi connectivity index (χ2n) is 6.18. The topological polar surface area (TPSA) is 107 Å². The van der Waals surface area contributed by atoms with Gasteiger partial charge < -0.3 is 9.47 Å². The quantitative estimate of drug-likeness (QED) is 0.181. The van der Waals surface area contributed by atoms with Gasteiger partial charge in [0.2, 0.25) is 0 Å². The molecule has 0 unspecified atom stereocenters. The first-order valence-corrected chi connectivity index (χ1v) is 10.7. The van der Waals surface area contributed by atoms with Crippen molar-refractivity contribution in [3.8, 4) is 5.75 Å². The molecule has 0 aliphatic carbocycles. The van der Waals surface area contributed by atoms with Crippen molar-refractivity contribution >= 4 is 44.6 Å². The molecule has 2 aromatic carbocycles. The molecular formula is C19H14F3IO7S. The van der Waals surface area contributed by atoms with Crippen molar-refractivity contribution in [3.63, 3.8) is 0 Å². The van der Waals surface area contributed by atoms with Gasteiger partial charge in [0.1, 0.15) is 12.4 Å². The van der Waals surface area contributed by atoms with Crippen molar-refractivity contribution in [2.24, 2.45) is 0 Å². The third-order valence-corrected chi connectivity index (χ3v) is 5.22. The van der Waals surface area contributed by atoms with Gasteiger partial charge in [-0.15, -0.1) is 0 Å². The zero-order chi connectivity index (χ0) is 23.6. The van der Waals surface area contributed by atoms with E-state index in [2.05, 4.69) is 6.58 Å². The van der Waals surface area contributed by atoms with Crippen LogP contribution >= 0.6 is 22.6 Å². The van der Waals surface area contributed by atoms with Crippen LogP contribution in [-0.2, 0) is 32.4 Å². The third-order valence-electron chi connectivity index (χ3n) is 3.73. The maximum Gasteiger partial charge on any atom is 0.420 e. The average molecular weight is 570 g/mol. The first kappa shape index (κ1) is 24.8. The van der Waals surface area contributed by atoms with Crippen LogP contribution in [0.3, 0.4) is 0 Å². The molecule has 12 heteroatoms. The molecule has 166 valence electrons. The van der Waals surface area contributed by atoms with Crippen molar-refractivity contribution < 1.29 is 45.2 Å². The highest BCUT2D eigenvalue weighted by molar-refractivity contribution is 14.1. The van der Waals surface area contributed by atoms with E-state index in [-0.39, 0.29) is 20.3 Å². The zero-order valence-corrected chi connectivity index (χ0v) is 18.7. The van der Waals surface area contributed by atoms with Crippen molar-refractivity contribution in [3.05, 3.63) is 68.8 Å². The van der Waals surface area contributed by atoms with E-state index in [4.69, 9.17) is 14.0 Å². The summed E-state index contributed by atoms with van der Waals surface area (Å²) in [6.45, 7) is 4.12. The highest BCUT2D eigenvalue weighted by Crippen LogP contribution is 2.40. The lowest BCUT2D eigenvalue weighted by molar-refractivity contribution is -0.140. The lowest BCUT2D eigenvalue weighted by Gasteiger charge is -2.17. The minimum Gasteiger partial charge on any atom is -0.457 e. The van der Waals surface area contributed by atoms with E-state index in [0.29, 0.717) is 0 Å². The molecular weight excluding hydrogens is 556 g/mol. The summed E-state index contributed by atoms with van der Waals surface area (Å²) in [5.74, 6) is -2.92. The number of hydrogen-bond acceptors (Lipinski definition) is 6. The standard InChI is InChI=1S/C19H14F3IO7S/c1-10(2)17(24)29-9-12-7-13(23)8-15(19(20,21)22)16(12)30-18(25)11-3-5-14(6-4-11)31(26,27)28/h3-8H,1,9H2,2H3,(H,26,27,28). The van der Waals surface area contributed by atoms with Crippen molar-refractivity contribution in [1.82, 2.24) is 0 Å². The van der Waals surface area contributed by atoms with E-state index < -0.39 is 51.0 Å². The molecule has 0 bridgehead atoms. The van der Waals surface area contributed by atoms with E-state index in [9.17, 15) is 31.2 Å². The third kappa shape index (κ3) is 6.51. The Labute approximate surface area is 188 Å². The molecule has 7 nitrogen and oxygen atoms in total. The molecule has 0 heterocycles. The van der Waals surface area contributed by atoms with E-state index in [1.165, 1.54) is 13.0 Å². The van der Waals surface area contributed by atoms with Gasteiger partial charge in [-0.2, -0.15) is 21.6 Å². The maximum absolute atomic E-state index is 13.6. The van der Waals surface area contributed by atoms with Crippen LogP contribution in [0.15, 0.2) is 53.4 Å². The van der Waals surface area contributed by atoms with Crippen LogP contribution in [0.2, 0.25) is 0 Å². The Morgan fingerprint density at radius 3 is 2.23 bits per heavy atom. The summed E-state index contributed by atoms with van der Waals surface area (Å²) < 4.78 is 81.8. The van der Waals surface area contributed by atoms with Gasteiger partial charge in [0.25, 0.3) is 10.1 Å². The molecule has 0 aromatic heterocycles. The van der Waals surface area contributed by atoms with E-state index in [1.54, 1.807) is 22.6 Å². The van der Waals surface area contributed by atoms with Crippen LogP contribution in [-0.4, -0.2) is 24.9 Å². The van der Waals surface area contributed by atoms with Crippen molar-refractivity contribution in [2.45, 2.75) is 24.6 Å². The Morgan fingerprint density at radius 1 is 1.16 bits per heavy atom. The van der Waals surface area contributed by atoms with Gasteiger partial charge in [-0.25, -0.2) is 9.59 Å². The highest BCUT2D eigenvalue weighted by Gasteiger charge is 2.37. The lowest BCUT2D eigenvalue weighted by Crippen LogP contribution is -2.17. The van der Waals surface area contributed by atoms with Crippen LogP contribution in [0.25, 0.3) is 0 Å². The fourth-order valence-corrected chi connectivity index (χ4v) is 3.44. The maximum atomic E-state index is 13.6. The Bertz CT molecular complexity index is 1140. The number of halogens is 4. The van der Waals surface area contributed by atoms with E-state index >= 15 is 0 Å². The Balaban J connectivity index is 2.45. The van der Waals surface area contributed by atoms with Crippen LogP contribution in [0.4, 0.5) is 13.2 Å². The summed E-state index contributed by atoms with van der Waals surface area (Å²) in [4.78, 5) is 23.5. The highest BCUT2D eigenvalue weighted by atomic mass is 127. The van der Waals surface area contributed by atoms with E-state index in [0.717, 1.165) is 30.3 Å². The number of ether oxygens (including phenoxy) is 2. The van der Waals surface area contributed by atoms with Gasteiger partial charge in [-0.3, -0.25) is 4.55 Å². The van der Waals surface area contributed by atoms with Crippen molar-refractivity contribution in [1.29, 1.82) is 0 Å². The number of esters is 2. The zero-order valence-electron chi connectivity index (χ0n) is 15.7. The molecule has 0 saturated heterocycles. The summed E-state index contributed by atoms with van der Waals surface area (Å²) in [7, 11) is -4.52. The second kappa shape index (κ2) is 9.36. The normalized spacial score (nSPS) is 11.7.